The van der Waals surface area contributed by atoms with Crippen LogP contribution in [0.4, 0.5) is 0 Å². The first-order valence-corrected chi connectivity index (χ1v) is 11.4. The van der Waals surface area contributed by atoms with Crippen LogP contribution in [0.25, 0.3) is 0 Å². The van der Waals surface area contributed by atoms with Crippen molar-refractivity contribution >= 4 is 5.97 Å². The van der Waals surface area contributed by atoms with Crippen LogP contribution in [-0.4, -0.2) is 35.7 Å². The summed E-state index contributed by atoms with van der Waals surface area (Å²) in [5, 5.41) is 11.5. The Morgan fingerprint density at radius 2 is 1.57 bits per heavy atom. The van der Waals surface area contributed by atoms with Crippen LogP contribution in [0.3, 0.4) is 0 Å². The first kappa shape index (κ1) is 19.8. The summed E-state index contributed by atoms with van der Waals surface area (Å²) < 4.78 is 5.78. The zero-order valence-corrected chi connectivity index (χ0v) is 17.5. The minimum absolute atomic E-state index is 0.0486. The predicted octanol–water partition coefficient (Wildman–Crippen LogP) is 3.99. The van der Waals surface area contributed by atoms with Crippen molar-refractivity contribution < 1.29 is 14.6 Å². The largest absolute Gasteiger partial charge is 0.463 e. The first-order chi connectivity index (χ1) is 14.7. The van der Waals surface area contributed by atoms with Gasteiger partial charge >= 0.3 is 5.97 Å². The van der Waals surface area contributed by atoms with Gasteiger partial charge in [0, 0.05) is 31.5 Å². The topological polar surface area (TPSA) is 49.8 Å². The summed E-state index contributed by atoms with van der Waals surface area (Å²) in [5.74, 6) is 1.19. The quantitative estimate of drug-likeness (QED) is 0.708. The highest BCUT2D eigenvalue weighted by atomic mass is 16.6. The van der Waals surface area contributed by atoms with E-state index in [0.29, 0.717) is 29.9 Å². The maximum absolute atomic E-state index is 13.1. The Bertz CT molecular complexity index is 852. The van der Waals surface area contributed by atoms with Gasteiger partial charge in [-0.1, -0.05) is 73.5 Å². The monoisotopic (exact) mass is 405 g/mol. The second-order valence-corrected chi connectivity index (χ2v) is 9.38. The molecule has 3 aliphatic rings. The van der Waals surface area contributed by atoms with Gasteiger partial charge in [-0.05, 0) is 35.8 Å². The van der Waals surface area contributed by atoms with E-state index in [1.54, 1.807) is 0 Å². The summed E-state index contributed by atoms with van der Waals surface area (Å²) in [6.45, 7) is 3.59. The average Bonchev–Trinajstić information content (AvgIpc) is 3.17. The number of rotatable bonds is 7. The Labute approximate surface area is 178 Å². The van der Waals surface area contributed by atoms with E-state index >= 15 is 0 Å². The van der Waals surface area contributed by atoms with Gasteiger partial charge in [0.15, 0.2) is 5.60 Å². The summed E-state index contributed by atoms with van der Waals surface area (Å²) in [4.78, 5) is 15.6. The van der Waals surface area contributed by atoms with E-state index in [4.69, 9.17) is 4.74 Å². The zero-order valence-electron chi connectivity index (χ0n) is 17.5. The van der Waals surface area contributed by atoms with Gasteiger partial charge in [0.1, 0.15) is 0 Å². The number of likely N-dealkylation sites (tertiary alicyclic amines) is 1. The van der Waals surface area contributed by atoms with Crippen LogP contribution in [0.15, 0.2) is 60.7 Å². The summed E-state index contributed by atoms with van der Waals surface area (Å²) in [7, 11) is 0. The number of hydrogen-bond donors (Lipinski definition) is 1. The lowest BCUT2D eigenvalue weighted by Crippen LogP contribution is -2.43. The SMILES string of the molecule is O=C(OCC1[C@H]2CN(Cc3ccccc3)C[C@@H]12)C(O)(c1ccccc1)C1CCCC1. The third-order valence-corrected chi connectivity index (χ3v) is 7.57. The Hall–Kier alpha value is -2.17. The molecule has 2 saturated carbocycles. The van der Waals surface area contributed by atoms with Crippen LogP contribution in [0, 0.1) is 23.7 Å². The molecule has 4 nitrogen and oxygen atoms in total. The van der Waals surface area contributed by atoms with Crippen LogP contribution >= 0.6 is 0 Å². The fraction of sp³-hybridized carbons (Fsp3) is 0.500. The van der Waals surface area contributed by atoms with Crippen molar-refractivity contribution in [1.82, 2.24) is 4.90 Å². The lowest BCUT2D eigenvalue weighted by molar-refractivity contribution is -0.174. The number of nitrogens with zero attached hydrogens (tertiary/aromatic N) is 1. The molecule has 158 valence electrons. The highest BCUT2D eigenvalue weighted by molar-refractivity contribution is 5.81. The van der Waals surface area contributed by atoms with Crippen molar-refractivity contribution in [2.24, 2.45) is 23.7 Å². The number of ether oxygens (including phenoxy) is 1. The molecule has 2 unspecified atom stereocenters. The maximum Gasteiger partial charge on any atom is 0.343 e. The van der Waals surface area contributed by atoms with Crippen LogP contribution in [0.1, 0.15) is 36.8 Å². The van der Waals surface area contributed by atoms with Crippen molar-refractivity contribution in [1.29, 1.82) is 0 Å². The van der Waals surface area contributed by atoms with E-state index in [-0.39, 0.29) is 5.92 Å². The second kappa shape index (κ2) is 8.16. The van der Waals surface area contributed by atoms with Gasteiger partial charge < -0.3 is 9.84 Å². The van der Waals surface area contributed by atoms with Crippen molar-refractivity contribution in [3.05, 3.63) is 71.8 Å². The Morgan fingerprint density at radius 1 is 0.967 bits per heavy atom. The normalized spacial score (nSPS) is 28.1. The number of fused-ring (bicyclic) bond motifs is 1. The van der Waals surface area contributed by atoms with E-state index in [1.807, 2.05) is 30.3 Å². The smallest absolute Gasteiger partial charge is 0.343 e. The molecule has 1 N–H and O–H groups in total. The van der Waals surface area contributed by atoms with Crippen molar-refractivity contribution in [3.8, 4) is 0 Å². The van der Waals surface area contributed by atoms with Crippen LogP contribution < -0.4 is 0 Å². The number of benzene rings is 2. The Morgan fingerprint density at radius 3 is 2.20 bits per heavy atom. The number of piperidine rings is 1. The number of carbonyl (C=O) groups is 1. The molecular weight excluding hydrogens is 374 g/mol. The molecule has 0 radical (unpaired) electrons. The zero-order chi connectivity index (χ0) is 20.6. The van der Waals surface area contributed by atoms with Crippen molar-refractivity contribution in [2.45, 2.75) is 37.8 Å². The van der Waals surface area contributed by atoms with Gasteiger partial charge in [-0.15, -0.1) is 0 Å². The van der Waals surface area contributed by atoms with E-state index in [1.165, 1.54) is 5.56 Å². The number of aliphatic hydroxyl groups is 1. The molecule has 4 atom stereocenters. The van der Waals surface area contributed by atoms with E-state index in [9.17, 15) is 9.90 Å². The van der Waals surface area contributed by atoms with Crippen LogP contribution in [-0.2, 0) is 21.7 Å². The highest BCUT2D eigenvalue weighted by Crippen LogP contribution is 2.52. The molecule has 0 aromatic heterocycles. The van der Waals surface area contributed by atoms with Gasteiger partial charge in [0.05, 0.1) is 6.61 Å². The fourth-order valence-electron chi connectivity index (χ4n) is 5.79. The predicted molar refractivity (Wildman–Crippen MR) is 115 cm³/mol. The maximum atomic E-state index is 13.1. The molecule has 0 spiro atoms. The molecule has 5 rings (SSSR count). The number of esters is 1. The number of hydrogen-bond acceptors (Lipinski definition) is 4. The van der Waals surface area contributed by atoms with Gasteiger partial charge in [0.2, 0.25) is 0 Å². The lowest BCUT2D eigenvalue weighted by Gasteiger charge is -2.32. The second-order valence-electron chi connectivity index (χ2n) is 9.38. The molecule has 0 bridgehead atoms. The van der Waals surface area contributed by atoms with E-state index in [0.717, 1.165) is 45.3 Å². The molecule has 4 heteroatoms. The molecule has 1 aliphatic heterocycles. The molecule has 1 heterocycles. The van der Waals surface area contributed by atoms with Gasteiger partial charge in [-0.25, -0.2) is 4.79 Å². The van der Waals surface area contributed by atoms with E-state index < -0.39 is 11.6 Å². The highest BCUT2D eigenvalue weighted by Gasteiger charge is 2.56. The third kappa shape index (κ3) is 3.67. The Kier molecular flexibility index (Phi) is 5.38. The molecule has 2 aliphatic carbocycles. The van der Waals surface area contributed by atoms with Gasteiger partial charge in [-0.2, -0.15) is 0 Å². The molecule has 2 aromatic carbocycles. The van der Waals surface area contributed by atoms with Gasteiger partial charge in [0.25, 0.3) is 0 Å². The molecule has 0 amide bonds. The molecular formula is C26H31NO3. The minimum Gasteiger partial charge on any atom is -0.463 e. The molecule has 1 saturated heterocycles. The number of carbonyl (C=O) groups excluding carboxylic acids is 1. The summed E-state index contributed by atoms with van der Waals surface area (Å²) >= 11 is 0. The van der Waals surface area contributed by atoms with Crippen molar-refractivity contribution in [2.75, 3.05) is 19.7 Å². The first-order valence-electron chi connectivity index (χ1n) is 11.4. The van der Waals surface area contributed by atoms with Crippen LogP contribution in [0.2, 0.25) is 0 Å². The average molecular weight is 406 g/mol. The molecule has 30 heavy (non-hydrogen) atoms. The van der Waals surface area contributed by atoms with E-state index in [2.05, 4.69) is 35.2 Å². The van der Waals surface area contributed by atoms with Crippen LogP contribution in [0.5, 0.6) is 0 Å². The minimum atomic E-state index is -1.51. The third-order valence-electron chi connectivity index (χ3n) is 7.57. The Balaban J connectivity index is 1.17. The van der Waals surface area contributed by atoms with Gasteiger partial charge in [-0.3, -0.25) is 4.90 Å². The summed E-state index contributed by atoms with van der Waals surface area (Å²) in [5.41, 5.74) is 0.513. The van der Waals surface area contributed by atoms with Crippen molar-refractivity contribution in [3.63, 3.8) is 0 Å². The standard InChI is InChI=1S/C26H31NO3/c28-25(26(29,21-13-7-8-14-21)20-11-5-2-6-12-20)30-18-24-22-16-27(17-23(22)24)15-19-9-3-1-4-10-19/h1-6,9-12,21-24,29H,7-8,13-18H2/t22-,23+,24?,26?. The molecule has 3 fully saturated rings. The lowest BCUT2D eigenvalue weighted by atomic mass is 9.80. The summed E-state index contributed by atoms with van der Waals surface area (Å²) in [6, 6.07) is 20.0. The molecule has 2 aromatic rings. The summed E-state index contributed by atoms with van der Waals surface area (Å²) in [6.07, 6.45) is 3.89. The fourth-order valence-corrected chi connectivity index (χ4v) is 5.79.